The van der Waals surface area contributed by atoms with Gasteiger partial charge in [0, 0.05) is 16.6 Å². The van der Waals surface area contributed by atoms with Crippen molar-refractivity contribution in [2.24, 2.45) is 0 Å². The number of fused-ring (bicyclic) bond motifs is 1. The third kappa shape index (κ3) is 2.14. The van der Waals surface area contributed by atoms with Crippen molar-refractivity contribution < 1.29 is 4.79 Å². The van der Waals surface area contributed by atoms with Crippen LogP contribution < -0.4 is 10.6 Å². The van der Waals surface area contributed by atoms with Crippen molar-refractivity contribution in [1.82, 2.24) is 0 Å². The number of hydrogen-bond acceptors (Lipinski definition) is 3. The molecule has 1 heterocycles. The maximum Gasteiger partial charge on any atom is 0.240 e. The molecule has 1 aliphatic rings. The highest BCUT2D eigenvalue weighted by Crippen LogP contribution is 2.42. The molecule has 1 amide bonds. The topological polar surface area (TPSA) is 46.3 Å². The smallest absolute Gasteiger partial charge is 0.240 e. The summed E-state index contributed by atoms with van der Waals surface area (Å²) in [5.74, 6) is 0.213. The minimum absolute atomic E-state index is 0.0201. The lowest BCUT2D eigenvalue weighted by Crippen LogP contribution is -2.44. The van der Waals surface area contributed by atoms with Gasteiger partial charge in [-0.1, -0.05) is 6.92 Å². The minimum atomic E-state index is 0.0201. The highest BCUT2D eigenvalue weighted by atomic mass is 32.2. The fourth-order valence-electron chi connectivity index (χ4n) is 2.09. The molecule has 1 aliphatic heterocycles. The van der Waals surface area contributed by atoms with Crippen molar-refractivity contribution >= 4 is 29.0 Å². The number of nitrogen functional groups attached to an aromatic ring is 1. The van der Waals surface area contributed by atoms with E-state index >= 15 is 0 Å². The van der Waals surface area contributed by atoms with Crippen molar-refractivity contribution in [3.05, 3.63) is 18.2 Å². The van der Waals surface area contributed by atoms with E-state index in [2.05, 4.69) is 0 Å². The average molecular weight is 250 g/mol. The second kappa shape index (κ2) is 4.61. The molecule has 0 fully saturated rings. The van der Waals surface area contributed by atoms with Gasteiger partial charge in [-0.05, 0) is 38.5 Å². The van der Waals surface area contributed by atoms with Crippen LogP contribution in [-0.4, -0.2) is 17.2 Å². The van der Waals surface area contributed by atoms with Gasteiger partial charge < -0.3 is 10.6 Å². The number of thioether (sulfide) groups is 1. The lowest BCUT2D eigenvalue weighted by molar-refractivity contribution is -0.118. The molecule has 1 aromatic rings. The number of carbonyl (C=O) groups is 1. The third-order valence-corrected chi connectivity index (χ3v) is 4.31. The van der Waals surface area contributed by atoms with Crippen LogP contribution in [0.4, 0.5) is 11.4 Å². The molecule has 2 N–H and O–H groups in total. The van der Waals surface area contributed by atoms with Crippen LogP contribution in [0, 0.1) is 0 Å². The summed E-state index contributed by atoms with van der Waals surface area (Å²) in [7, 11) is 0. The van der Waals surface area contributed by atoms with Gasteiger partial charge in [0.15, 0.2) is 0 Å². The normalized spacial score (nSPS) is 19.6. The first-order valence-electron chi connectivity index (χ1n) is 5.93. The largest absolute Gasteiger partial charge is 0.399 e. The van der Waals surface area contributed by atoms with Crippen LogP contribution in [0.3, 0.4) is 0 Å². The molecule has 1 aromatic carbocycles. The van der Waals surface area contributed by atoms with E-state index in [1.165, 1.54) is 0 Å². The molecule has 0 spiro atoms. The summed E-state index contributed by atoms with van der Waals surface area (Å²) < 4.78 is 0. The van der Waals surface area contributed by atoms with E-state index in [0.717, 1.165) is 22.7 Å². The Morgan fingerprint density at radius 1 is 1.47 bits per heavy atom. The van der Waals surface area contributed by atoms with E-state index in [-0.39, 0.29) is 17.2 Å². The highest BCUT2D eigenvalue weighted by molar-refractivity contribution is 8.01. The van der Waals surface area contributed by atoms with Gasteiger partial charge >= 0.3 is 0 Å². The van der Waals surface area contributed by atoms with Crippen LogP contribution in [0.25, 0.3) is 0 Å². The second-order valence-electron chi connectivity index (χ2n) is 4.54. The maximum atomic E-state index is 12.3. The predicted molar refractivity (Wildman–Crippen MR) is 73.4 cm³/mol. The van der Waals surface area contributed by atoms with Gasteiger partial charge in [0.2, 0.25) is 5.91 Å². The number of anilines is 2. The Bertz CT molecular complexity index is 445. The number of benzene rings is 1. The monoisotopic (exact) mass is 250 g/mol. The third-order valence-electron chi connectivity index (χ3n) is 2.91. The fraction of sp³-hybridized carbons (Fsp3) is 0.462. The van der Waals surface area contributed by atoms with Crippen LogP contribution in [0.5, 0.6) is 0 Å². The molecule has 92 valence electrons. The lowest BCUT2D eigenvalue weighted by atomic mass is 10.1. The maximum absolute atomic E-state index is 12.3. The van der Waals surface area contributed by atoms with Gasteiger partial charge in [-0.25, -0.2) is 0 Å². The molecule has 1 atom stereocenters. The van der Waals surface area contributed by atoms with Gasteiger partial charge in [0.05, 0.1) is 10.9 Å². The number of rotatable bonds is 2. The van der Waals surface area contributed by atoms with Gasteiger partial charge in [-0.2, -0.15) is 0 Å². The quantitative estimate of drug-likeness (QED) is 0.821. The molecule has 0 saturated heterocycles. The molecular weight excluding hydrogens is 232 g/mol. The summed E-state index contributed by atoms with van der Waals surface area (Å²) in [6.45, 7) is 6.13. The van der Waals surface area contributed by atoms with E-state index in [4.69, 9.17) is 5.73 Å². The molecule has 2 rings (SSSR count). The van der Waals surface area contributed by atoms with Gasteiger partial charge in [-0.15, -0.1) is 11.8 Å². The number of nitrogens with two attached hydrogens (primary N) is 1. The van der Waals surface area contributed by atoms with Gasteiger partial charge in [0.1, 0.15) is 0 Å². The Hall–Kier alpha value is -1.16. The molecule has 0 saturated carbocycles. The average Bonchev–Trinajstić information content (AvgIpc) is 2.28. The molecule has 4 heteroatoms. The summed E-state index contributed by atoms with van der Waals surface area (Å²) in [6.07, 6.45) is 0.848. The molecule has 0 radical (unpaired) electrons. The van der Waals surface area contributed by atoms with Crippen molar-refractivity contribution in [2.75, 3.05) is 10.6 Å². The zero-order valence-electron chi connectivity index (χ0n) is 10.4. The molecule has 17 heavy (non-hydrogen) atoms. The second-order valence-corrected chi connectivity index (χ2v) is 5.79. The van der Waals surface area contributed by atoms with E-state index < -0.39 is 0 Å². The molecule has 0 bridgehead atoms. The number of carbonyl (C=O) groups excluding carboxylic acids is 1. The Labute approximate surface area is 106 Å². The highest BCUT2D eigenvalue weighted by Gasteiger charge is 2.33. The molecule has 3 nitrogen and oxygen atoms in total. The van der Waals surface area contributed by atoms with E-state index in [1.54, 1.807) is 11.8 Å². The standard InChI is InChI=1S/C13H18N2OS/c1-4-11-13(16)15(8(2)3)10-6-5-9(14)7-12(10)17-11/h5-8,11H,4,14H2,1-3H3. The summed E-state index contributed by atoms with van der Waals surface area (Å²) in [6, 6.07) is 5.94. The Kier molecular flexibility index (Phi) is 3.33. The molecular formula is C13H18N2OS. The van der Waals surface area contributed by atoms with Gasteiger partial charge in [0.25, 0.3) is 0 Å². The van der Waals surface area contributed by atoms with Crippen molar-refractivity contribution in [1.29, 1.82) is 0 Å². The Morgan fingerprint density at radius 2 is 2.18 bits per heavy atom. The number of nitrogens with zero attached hydrogens (tertiary/aromatic N) is 1. The molecule has 0 aliphatic carbocycles. The van der Waals surface area contributed by atoms with E-state index in [9.17, 15) is 4.79 Å². The van der Waals surface area contributed by atoms with Crippen LogP contribution in [0.15, 0.2) is 23.1 Å². The summed E-state index contributed by atoms with van der Waals surface area (Å²) >= 11 is 1.63. The molecule has 1 unspecified atom stereocenters. The van der Waals surface area contributed by atoms with E-state index in [1.807, 2.05) is 43.9 Å². The van der Waals surface area contributed by atoms with Crippen molar-refractivity contribution in [3.63, 3.8) is 0 Å². The number of hydrogen-bond donors (Lipinski definition) is 1. The Morgan fingerprint density at radius 3 is 2.76 bits per heavy atom. The SMILES string of the molecule is CCC1Sc2cc(N)ccc2N(C(C)C)C1=O. The van der Waals surface area contributed by atoms with Crippen LogP contribution in [-0.2, 0) is 4.79 Å². The van der Waals surface area contributed by atoms with Crippen LogP contribution in [0.2, 0.25) is 0 Å². The summed E-state index contributed by atoms with van der Waals surface area (Å²) in [4.78, 5) is 15.3. The van der Waals surface area contributed by atoms with Crippen molar-refractivity contribution in [2.45, 2.75) is 43.4 Å². The van der Waals surface area contributed by atoms with Crippen LogP contribution >= 0.6 is 11.8 Å². The number of amides is 1. The fourth-order valence-corrected chi connectivity index (χ4v) is 3.27. The zero-order valence-corrected chi connectivity index (χ0v) is 11.3. The first-order chi connectivity index (χ1) is 8.04. The molecule has 0 aromatic heterocycles. The van der Waals surface area contributed by atoms with Crippen molar-refractivity contribution in [3.8, 4) is 0 Å². The predicted octanol–water partition coefficient (Wildman–Crippen LogP) is 2.89. The summed E-state index contributed by atoms with van der Waals surface area (Å²) in [5.41, 5.74) is 7.56. The van der Waals surface area contributed by atoms with Crippen LogP contribution in [0.1, 0.15) is 27.2 Å². The summed E-state index contributed by atoms with van der Waals surface area (Å²) in [5, 5.41) is 0.0201. The zero-order chi connectivity index (χ0) is 12.6. The lowest BCUT2D eigenvalue weighted by Gasteiger charge is -2.36. The Balaban J connectivity index is 2.50. The van der Waals surface area contributed by atoms with Gasteiger partial charge in [-0.3, -0.25) is 4.79 Å². The first-order valence-corrected chi connectivity index (χ1v) is 6.81. The van der Waals surface area contributed by atoms with E-state index in [0.29, 0.717) is 0 Å². The minimum Gasteiger partial charge on any atom is -0.399 e. The first kappa shape index (κ1) is 12.3.